The minimum atomic E-state index is -1.69. The summed E-state index contributed by atoms with van der Waals surface area (Å²) in [4.78, 5) is 17.5. The first-order chi connectivity index (χ1) is 17.7. The van der Waals surface area contributed by atoms with Gasteiger partial charge in [-0.2, -0.15) is 0 Å². The number of nitrogens with zero attached hydrogens (tertiary/aromatic N) is 5. The monoisotopic (exact) mass is 522 g/mol. The Bertz CT molecular complexity index is 1460. The number of nitrogens with two attached hydrogens (primary N) is 1. The van der Waals surface area contributed by atoms with Gasteiger partial charge in [0, 0.05) is 41.8 Å². The molecule has 0 fully saturated rings. The van der Waals surface area contributed by atoms with Gasteiger partial charge in [-0.1, -0.05) is 23.7 Å². The molecule has 1 aromatic carbocycles. The largest absolute Gasteiger partial charge is 0.479 e. The molecule has 1 atom stereocenters. The van der Waals surface area contributed by atoms with E-state index in [2.05, 4.69) is 25.7 Å². The maximum atomic E-state index is 12.3. The molecule has 0 radical (unpaired) electrons. The summed E-state index contributed by atoms with van der Waals surface area (Å²) in [6.45, 7) is 3.79. The van der Waals surface area contributed by atoms with E-state index in [-0.39, 0.29) is 23.3 Å². The first kappa shape index (κ1) is 26.2. The predicted molar refractivity (Wildman–Crippen MR) is 139 cm³/mol. The zero-order valence-corrected chi connectivity index (χ0v) is 21.8. The summed E-state index contributed by atoms with van der Waals surface area (Å²) < 4.78 is 11.4. The maximum absolute atomic E-state index is 12.3. The lowest BCUT2D eigenvalue weighted by Gasteiger charge is -2.35. The molecule has 0 saturated heterocycles. The molecule has 0 amide bonds. The first-order valence-corrected chi connectivity index (χ1v) is 11.8. The fourth-order valence-corrected chi connectivity index (χ4v) is 4.56. The van der Waals surface area contributed by atoms with E-state index in [9.17, 15) is 5.11 Å². The molecule has 0 bridgehead atoms. The molecule has 3 aromatic heterocycles. The van der Waals surface area contributed by atoms with Crippen molar-refractivity contribution in [3.05, 3.63) is 94.1 Å². The zero-order chi connectivity index (χ0) is 26.7. The van der Waals surface area contributed by atoms with Crippen LogP contribution in [-0.2, 0) is 12.2 Å². The number of benzene rings is 1. The number of ether oxygens (including phenoxy) is 2. The van der Waals surface area contributed by atoms with Crippen molar-refractivity contribution in [3.8, 4) is 11.6 Å². The van der Waals surface area contributed by atoms with Crippen molar-refractivity contribution >= 4 is 22.5 Å². The van der Waals surface area contributed by atoms with E-state index < -0.39 is 5.60 Å². The number of hydrazine groups is 1. The number of hydrogen-bond acceptors (Lipinski definition) is 9. The van der Waals surface area contributed by atoms with Gasteiger partial charge in [0.15, 0.2) is 11.4 Å². The van der Waals surface area contributed by atoms with E-state index in [1.165, 1.54) is 18.3 Å². The molecule has 4 rings (SSSR count). The van der Waals surface area contributed by atoms with Crippen LogP contribution in [0.5, 0.6) is 11.6 Å². The third kappa shape index (κ3) is 4.92. The van der Waals surface area contributed by atoms with Crippen LogP contribution in [0.15, 0.2) is 60.7 Å². The van der Waals surface area contributed by atoms with Gasteiger partial charge >= 0.3 is 0 Å². The Morgan fingerprint density at radius 2 is 1.92 bits per heavy atom. The average Bonchev–Trinajstić information content (AvgIpc) is 2.88. The zero-order valence-electron chi connectivity index (χ0n) is 21.1. The molecule has 0 spiro atoms. The Labute approximate surface area is 219 Å². The molecular formula is C26H29ClN7O3+. The second kappa shape index (κ2) is 10.7. The smallest absolute Gasteiger partial charge is 0.258 e. The lowest BCUT2D eigenvalue weighted by atomic mass is 9.82. The number of pyridine rings is 2. The molecule has 0 aliphatic carbocycles. The summed E-state index contributed by atoms with van der Waals surface area (Å²) >= 11 is 6.85. The fraction of sp³-hybridized carbons (Fsp3) is 0.231. The molecule has 0 aliphatic rings. The highest BCUT2D eigenvalue weighted by molar-refractivity contribution is 6.37. The number of aliphatic hydroxyl groups is 1. The van der Waals surface area contributed by atoms with Gasteiger partial charge in [-0.05, 0) is 43.7 Å². The summed E-state index contributed by atoms with van der Waals surface area (Å²) in [5, 5.41) is 14.5. The van der Waals surface area contributed by atoms with Crippen LogP contribution >= 0.6 is 11.6 Å². The number of rotatable bonds is 8. The second-order valence-corrected chi connectivity index (χ2v) is 8.82. The van der Waals surface area contributed by atoms with Crippen molar-refractivity contribution in [2.75, 3.05) is 14.2 Å². The number of fused-ring (bicyclic) bond motifs is 1. The molecule has 4 aromatic rings. The van der Waals surface area contributed by atoms with Crippen molar-refractivity contribution in [1.82, 2.24) is 24.9 Å². The van der Waals surface area contributed by atoms with Crippen molar-refractivity contribution in [2.24, 2.45) is 5.84 Å². The summed E-state index contributed by atoms with van der Waals surface area (Å²) in [5.41, 5.74) is 5.63. The van der Waals surface area contributed by atoms with Crippen LogP contribution in [0, 0.1) is 13.8 Å². The van der Waals surface area contributed by atoms with Gasteiger partial charge in [0.25, 0.3) is 5.88 Å². The summed E-state index contributed by atoms with van der Waals surface area (Å²) in [7, 11) is 3.12. The van der Waals surface area contributed by atoms with E-state index in [4.69, 9.17) is 26.9 Å². The predicted octanol–water partition coefficient (Wildman–Crippen LogP) is 2.40. The maximum Gasteiger partial charge on any atom is 0.258 e. The third-order valence-corrected chi connectivity index (χ3v) is 6.36. The number of hydrogen-bond donors (Lipinski definition) is 3. The van der Waals surface area contributed by atoms with E-state index >= 15 is 0 Å². The SMILES string of the molecule is COc1nc2ccc(C(O)(C(=C[NH3+])N(C)N)c3ccc(C)nc3C)cc2c(Cl)c1OCc1ncccn1. The van der Waals surface area contributed by atoms with Crippen molar-refractivity contribution < 1.29 is 20.3 Å². The number of halogens is 1. The molecule has 192 valence electrons. The Balaban J connectivity index is 1.91. The van der Waals surface area contributed by atoms with Crippen LogP contribution in [0.25, 0.3) is 10.9 Å². The number of methoxy groups -OCH3 is 1. The highest BCUT2D eigenvalue weighted by Crippen LogP contribution is 2.43. The van der Waals surface area contributed by atoms with Crippen LogP contribution < -0.4 is 21.1 Å². The number of quaternary nitrogens is 1. The topological polar surface area (TPSA) is 147 Å². The number of likely N-dealkylation sites (N-methyl/N-ethyl adjacent to an activating group) is 1. The van der Waals surface area contributed by atoms with Crippen LogP contribution in [0.1, 0.15) is 28.3 Å². The standard InChI is InChI=1S/C26H28ClN7O3/c1-15-6-8-19(16(2)32-15)26(35,21(13-28)34(3)29)17-7-9-20-18(12-17)23(27)24(25(33-20)36-4)37-14-22-30-10-5-11-31-22/h5-13,35H,14,28-29H2,1-4H3/p+1. The van der Waals surface area contributed by atoms with Gasteiger partial charge in [-0.3, -0.25) is 4.98 Å². The van der Waals surface area contributed by atoms with Crippen molar-refractivity contribution in [1.29, 1.82) is 0 Å². The van der Waals surface area contributed by atoms with E-state index in [1.54, 1.807) is 43.7 Å². The Hall–Kier alpha value is -3.83. The van der Waals surface area contributed by atoms with Crippen LogP contribution in [0.2, 0.25) is 5.02 Å². The van der Waals surface area contributed by atoms with Crippen molar-refractivity contribution in [2.45, 2.75) is 26.1 Å². The van der Waals surface area contributed by atoms with Gasteiger partial charge in [0.2, 0.25) is 5.75 Å². The lowest BCUT2D eigenvalue weighted by Crippen LogP contribution is -2.49. The number of aromatic nitrogens is 4. The quantitative estimate of drug-likeness (QED) is 0.234. The summed E-state index contributed by atoms with van der Waals surface area (Å²) in [5.74, 6) is 7.08. The average molecular weight is 523 g/mol. The van der Waals surface area contributed by atoms with Gasteiger partial charge in [0.05, 0.1) is 17.6 Å². The minimum absolute atomic E-state index is 0.0638. The summed E-state index contributed by atoms with van der Waals surface area (Å²) in [6, 6.07) is 10.6. The molecule has 10 nitrogen and oxygen atoms in total. The van der Waals surface area contributed by atoms with Crippen LogP contribution in [0.3, 0.4) is 0 Å². The van der Waals surface area contributed by atoms with Gasteiger partial charge in [0.1, 0.15) is 18.5 Å². The first-order valence-electron chi connectivity index (χ1n) is 11.4. The highest BCUT2D eigenvalue weighted by Gasteiger charge is 2.40. The normalized spacial score (nSPS) is 13.4. The molecular weight excluding hydrogens is 494 g/mol. The van der Waals surface area contributed by atoms with E-state index in [1.807, 2.05) is 26.0 Å². The summed E-state index contributed by atoms with van der Waals surface area (Å²) in [6.07, 6.45) is 4.77. The molecule has 1 unspecified atom stereocenters. The molecule has 0 aliphatic heterocycles. The fourth-order valence-electron chi connectivity index (χ4n) is 4.27. The van der Waals surface area contributed by atoms with Crippen LogP contribution in [0.4, 0.5) is 0 Å². The van der Waals surface area contributed by atoms with Crippen molar-refractivity contribution in [3.63, 3.8) is 0 Å². The Morgan fingerprint density at radius 3 is 2.54 bits per heavy atom. The Morgan fingerprint density at radius 1 is 1.19 bits per heavy atom. The lowest BCUT2D eigenvalue weighted by molar-refractivity contribution is -0.279. The third-order valence-electron chi connectivity index (χ3n) is 5.98. The van der Waals surface area contributed by atoms with E-state index in [0.29, 0.717) is 39.2 Å². The van der Waals surface area contributed by atoms with Crippen LogP contribution in [-0.4, -0.2) is 44.2 Å². The van der Waals surface area contributed by atoms with Gasteiger partial charge in [-0.25, -0.2) is 20.8 Å². The molecule has 6 N–H and O–H groups in total. The van der Waals surface area contributed by atoms with E-state index in [0.717, 1.165) is 5.69 Å². The van der Waals surface area contributed by atoms with Gasteiger partial charge in [-0.15, -0.1) is 0 Å². The molecule has 37 heavy (non-hydrogen) atoms. The number of aryl methyl sites for hydroxylation is 2. The molecule has 11 heteroatoms. The second-order valence-electron chi connectivity index (χ2n) is 8.45. The molecule has 0 saturated carbocycles. The highest BCUT2D eigenvalue weighted by atomic mass is 35.5. The minimum Gasteiger partial charge on any atom is -0.479 e. The molecule has 3 heterocycles. The van der Waals surface area contributed by atoms with Gasteiger partial charge < -0.3 is 25.3 Å². The Kier molecular flexibility index (Phi) is 7.55.